The average molecular weight is 486 g/mol. The molecule has 1 amide bonds. The molecule has 0 saturated carbocycles. The topological polar surface area (TPSA) is 79.4 Å². The van der Waals surface area contributed by atoms with Crippen molar-refractivity contribution in [2.45, 2.75) is 26.2 Å². The summed E-state index contributed by atoms with van der Waals surface area (Å²) in [5, 5.41) is 6.29. The maximum Gasteiger partial charge on any atom is 0.211 e. The number of ether oxygens (including phenoxy) is 1. The van der Waals surface area contributed by atoms with Gasteiger partial charge in [-0.2, -0.15) is 0 Å². The Hall–Kier alpha value is -3.23. The van der Waals surface area contributed by atoms with Gasteiger partial charge in [-0.3, -0.25) is 9.69 Å². The maximum atomic E-state index is 13.3. The standard InChI is InChI=1S/C16H12ClFN4O2.C9H17N/c1-24-15-6-13-10(5-14(15)21-8-23)16(20-7-19-13)22-9-2-3-12(18)11(17)4-9;1-2-3-7-10-8-5-4-6-9-10/h2-8H,1H3,(H,21,23)(H,19,20,22);2-3H,4-9H2,1H3/b;3-2+. The molecule has 0 spiro atoms. The smallest absolute Gasteiger partial charge is 0.211 e. The molecule has 1 fully saturated rings. The summed E-state index contributed by atoms with van der Waals surface area (Å²) < 4.78 is 18.5. The minimum atomic E-state index is -0.503. The summed E-state index contributed by atoms with van der Waals surface area (Å²) >= 11 is 5.79. The zero-order valence-electron chi connectivity index (χ0n) is 19.4. The highest BCUT2D eigenvalue weighted by Crippen LogP contribution is 2.33. The minimum Gasteiger partial charge on any atom is -0.494 e. The number of anilines is 3. The minimum absolute atomic E-state index is 0.00309. The highest BCUT2D eigenvalue weighted by Gasteiger charge is 2.11. The molecule has 9 heteroatoms. The first kappa shape index (κ1) is 25.4. The van der Waals surface area contributed by atoms with Crippen molar-refractivity contribution in [1.82, 2.24) is 14.9 Å². The molecule has 34 heavy (non-hydrogen) atoms. The van der Waals surface area contributed by atoms with E-state index in [1.165, 1.54) is 57.9 Å². The number of piperidine rings is 1. The summed E-state index contributed by atoms with van der Waals surface area (Å²) in [6.07, 6.45) is 10.6. The molecule has 2 heterocycles. The van der Waals surface area contributed by atoms with Crippen LogP contribution in [0.2, 0.25) is 5.02 Å². The highest BCUT2D eigenvalue weighted by molar-refractivity contribution is 6.31. The maximum absolute atomic E-state index is 13.3. The highest BCUT2D eigenvalue weighted by atomic mass is 35.5. The van der Waals surface area contributed by atoms with Crippen LogP contribution in [0.5, 0.6) is 5.75 Å². The molecule has 7 nitrogen and oxygen atoms in total. The number of benzene rings is 2. The number of allylic oxidation sites excluding steroid dienone is 1. The summed E-state index contributed by atoms with van der Waals surface area (Å²) in [6.45, 7) is 5.87. The van der Waals surface area contributed by atoms with Crippen LogP contribution in [0.3, 0.4) is 0 Å². The molecule has 3 aromatic rings. The van der Waals surface area contributed by atoms with E-state index < -0.39 is 5.82 Å². The van der Waals surface area contributed by atoms with Crippen molar-refractivity contribution in [3.63, 3.8) is 0 Å². The molecule has 0 radical (unpaired) electrons. The third kappa shape index (κ3) is 6.88. The number of amides is 1. The SMILES string of the molecule is C/C=C/CN1CCCCC1.COc1cc2ncnc(Nc3ccc(F)c(Cl)c3)c2cc1NC=O. The van der Waals surface area contributed by atoms with E-state index in [1.807, 2.05) is 0 Å². The van der Waals surface area contributed by atoms with Crippen LogP contribution in [-0.2, 0) is 4.79 Å². The Morgan fingerprint density at radius 3 is 2.65 bits per heavy atom. The molecular weight excluding hydrogens is 457 g/mol. The number of aromatic nitrogens is 2. The second-order valence-electron chi connectivity index (χ2n) is 7.74. The van der Waals surface area contributed by atoms with E-state index in [1.54, 1.807) is 18.2 Å². The van der Waals surface area contributed by atoms with E-state index in [2.05, 4.69) is 44.6 Å². The number of hydrogen-bond acceptors (Lipinski definition) is 6. The van der Waals surface area contributed by atoms with Crippen LogP contribution in [-0.4, -0.2) is 48.0 Å². The van der Waals surface area contributed by atoms with Crippen molar-refractivity contribution in [3.05, 3.63) is 59.7 Å². The second-order valence-corrected chi connectivity index (χ2v) is 8.15. The summed E-state index contributed by atoms with van der Waals surface area (Å²) in [6, 6.07) is 7.64. The van der Waals surface area contributed by atoms with E-state index in [4.69, 9.17) is 16.3 Å². The zero-order chi connectivity index (χ0) is 24.3. The van der Waals surface area contributed by atoms with Gasteiger partial charge in [0.1, 0.15) is 23.7 Å². The number of halogens is 2. The number of nitrogens with one attached hydrogen (secondary N) is 2. The molecule has 4 rings (SSSR count). The van der Waals surface area contributed by atoms with Gasteiger partial charge < -0.3 is 15.4 Å². The van der Waals surface area contributed by atoms with Crippen molar-refractivity contribution in [2.75, 3.05) is 37.4 Å². The predicted octanol–water partition coefficient (Wildman–Crippen LogP) is 5.79. The number of carbonyl (C=O) groups is 1. The number of nitrogens with zero attached hydrogens (tertiary/aromatic N) is 3. The third-order valence-electron chi connectivity index (χ3n) is 5.40. The fourth-order valence-electron chi connectivity index (χ4n) is 3.64. The number of methoxy groups -OCH3 is 1. The third-order valence-corrected chi connectivity index (χ3v) is 5.69. The van der Waals surface area contributed by atoms with Crippen molar-refractivity contribution in [1.29, 1.82) is 0 Å². The largest absolute Gasteiger partial charge is 0.494 e. The van der Waals surface area contributed by atoms with E-state index in [0.29, 0.717) is 40.3 Å². The van der Waals surface area contributed by atoms with Crippen LogP contribution in [0, 0.1) is 5.82 Å². The van der Waals surface area contributed by atoms with Gasteiger partial charge in [-0.25, -0.2) is 14.4 Å². The van der Waals surface area contributed by atoms with Crippen molar-refractivity contribution < 1.29 is 13.9 Å². The number of fused-ring (bicyclic) bond motifs is 1. The number of hydrogen-bond donors (Lipinski definition) is 2. The second kappa shape index (κ2) is 12.9. The fourth-order valence-corrected chi connectivity index (χ4v) is 3.82. The van der Waals surface area contributed by atoms with Gasteiger partial charge in [0.2, 0.25) is 6.41 Å². The molecule has 0 atom stereocenters. The molecule has 1 aliphatic heterocycles. The van der Waals surface area contributed by atoms with Crippen molar-refractivity contribution in [3.8, 4) is 5.75 Å². The van der Waals surface area contributed by atoms with Gasteiger partial charge in [0, 0.05) is 23.7 Å². The molecule has 2 aromatic carbocycles. The molecule has 1 saturated heterocycles. The monoisotopic (exact) mass is 485 g/mol. The van der Waals surface area contributed by atoms with Crippen LogP contribution in [0.15, 0.2) is 48.8 Å². The predicted molar refractivity (Wildman–Crippen MR) is 136 cm³/mol. The molecule has 1 aromatic heterocycles. The lowest BCUT2D eigenvalue weighted by Crippen LogP contribution is -2.29. The van der Waals surface area contributed by atoms with Crippen LogP contribution < -0.4 is 15.4 Å². The normalized spacial score (nSPS) is 13.9. The van der Waals surface area contributed by atoms with Gasteiger partial charge in [0.05, 0.1) is 23.3 Å². The fraction of sp³-hybridized carbons (Fsp3) is 0.320. The Morgan fingerprint density at radius 1 is 1.18 bits per heavy atom. The first-order chi connectivity index (χ1) is 16.5. The molecule has 180 valence electrons. The molecular formula is C25H29ClFN5O2. The summed E-state index contributed by atoms with van der Waals surface area (Å²) in [5.74, 6) is 0.459. The zero-order valence-corrected chi connectivity index (χ0v) is 20.1. The number of likely N-dealkylation sites (tertiary alicyclic amines) is 1. The molecule has 0 unspecified atom stereocenters. The van der Waals surface area contributed by atoms with Gasteiger partial charge >= 0.3 is 0 Å². The van der Waals surface area contributed by atoms with Crippen LogP contribution in [0.4, 0.5) is 21.6 Å². The summed E-state index contributed by atoms with van der Waals surface area (Å²) in [7, 11) is 1.50. The number of carbonyl (C=O) groups excluding carboxylic acids is 1. The Bertz CT molecular complexity index is 1140. The average Bonchev–Trinajstić information content (AvgIpc) is 2.86. The molecule has 1 aliphatic rings. The molecule has 2 N–H and O–H groups in total. The van der Waals surface area contributed by atoms with Crippen molar-refractivity contribution in [2.24, 2.45) is 0 Å². The van der Waals surface area contributed by atoms with Gasteiger partial charge in [0.15, 0.2) is 0 Å². The van der Waals surface area contributed by atoms with Crippen LogP contribution in [0.1, 0.15) is 26.2 Å². The Kier molecular flexibility index (Phi) is 9.61. The van der Waals surface area contributed by atoms with Gasteiger partial charge in [-0.05, 0) is 57.1 Å². The lowest BCUT2D eigenvalue weighted by molar-refractivity contribution is -0.105. The van der Waals surface area contributed by atoms with E-state index in [0.717, 1.165) is 6.54 Å². The molecule has 0 aliphatic carbocycles. The Morgan fingerprint density at radius 2 is 1.97 bits per heavy atom. The lowest BCUT2D eigenvalue weighted by atomic mass is 10.1. The van der Waals surface area contributed by atoms with Crippen LogP contribution >= 0.6 is 11.6 Å². The Balaban J connectivity index is 0.000000271. The van der Waals surface area contributed by atoms with E-state index >= 15 is 0 Å². The van der Waals surface area contributed by atoms with Gasteiger partial charge in [-0.1, -0.05) is 30.2 Å². The summed E-state index contributed by atoms with van der Waals surface area (Å²) in [5.41, 5.74) is 1.67. The first-order valence-electron chi connectivity index (χ1n) is 11.1. The quantitative estimate of drug-likeness (QED) is 0.325. The lowest BCUT2D eigenvalue weighted by Gasteiger charge is -2.24. The Labute approximate surface area is 204 Å². The van der Waals surface area contributed by atoms with Crippen LogP contribution in [0.25, 0.3) is 10.9 Å². The van der Waals surface area contributed by atoms with Gasteiger partial charge in [-0.15, -0.1) is 0 Å². The van der Waals surface area contributed by atoms with Gasteiger partial charge in [0.25, 0.3) is 0 Å². The molecule has 0 bridgehead atoms. The summed E-state index contributed by atoms with van der Waals surface area (Å²) in [4.78, 5) is 21.7. The van der Waals surface area contributed by atoms with Crippen molar-refractivity contribution >= 4 is 46.1 Å². The van der Waals surface area contributed by atoms with E-state index in [9.17, 15) is 9.18 Å². The first-order valence-corrected chi connectivity index (χ1v) is 11.5. The van der Waals surface area contributed by atoms with E-state index in [-0.39, 0.29) is 5.02 Å². The number of rotatable bonds is 7.